The number of rotatable bonds is 6. The lowest BCUT2D eigenvalue weighted by Gasteiger charge is -2.23. The van der Waals surface area contributed by atoms with E-state index < -0.39 is 16.1 Å². The van der Waals surface area contributed by atoms with E-state index in [0.29, 0.717) is 40.4 Å². The van der Waals surface area contributed by atoms with Gasteiger partial charge in [-0.25, -0.2) is 13.4 Å². The number of halogens is 1. The lowest BCUT2D eigenvalue weighted by atomic mass is 10.1. The normalized spacial score (nSPS) is 17.1. The molecule has 8 nitrogen and oxygen atoms in total. The van der Waals surface area contributed by atoms with Crippen LogP contribution in [-0.4, -0.2) is 54.0 Å². The predicted molar refractivity (Wildman–Crippen MR) is 121 cm³/mol. The Balaban J connectivity index is 1.53. The first-order chi connectivity index (χ1) is 14.7. The minimum atomic E-state index is -3.87. The molecule has 162 valence electrons. The Morgan fingerprint density at radius 2 is 2.13 bits per heavy atom. The summed E-state index contributed by atoms with van der Waals surface area (Å²) in [6.45, 7) is 0.771. The number of aromatic nitrogens is 1. The van der Waals surface area contributed by atoms with Crippen molar-refractivity contribution < 1.29 is 13.2 Å². The van der Waals surface area contributed by atoms with Crippen LogP contribution < -0.4 is 5.73 Å². The maximum atomic E-state index is 13.2. The Kier molecular flexibility index (Phi) is 5.73. The highest BCUT2D eigenvalue weighted by atomic mass is 35.5. The zero-order valence-electron chi connectivity index (χ0n) is 16.6. The standard InChI is InChI=1S/C20H20ClN5O3S2/c1-25(31(28,29)17-10-14-5-6-16(21)24-19(14)30-17)15-7-8-26(20(15)27)11-12-3-2-4-13(9-12)18(22)23/h2-6,9-10,15H,7-8,11H2,1H3,(H3,22,23)/t15-/m0/s1. The number of nitrogens with two attached hydrogens (primary N) is 1. The maximum Gasteiger partial charge on any atom is 0.253 e. The summed E-state index contributed by atoms with van der Waals surface area (Å²) < 4.78 is 27.6. The number of amides is 1. The first kappa shape index (κ1) is 21.7. The molecule has 2 aromatic heterocycles. The molecule has 1 aliphatic rings. The summed E-state index contributed by atoms with van der Waals surface area (Å²) in [7, 11) is -2.43. The van der Waals surface area contributed by atoms with Crippen molar-refractivity contribution in [1.29, 1.82) is 5.41 Å². The van der Waals surface area contributed by atoms with Crippen molar-refractivity contribution in [2.75, 3.05) is 13.6 Å². The molecule has 4 rings (SSSR count). The van der Waals surface area contributed by atoms with E-state index in [9.17, 15) is 13.2 Å². The van der Waals surface area contributed by atoms with Gasteiger partial charge in [0.25, 0.3) is 10.0 Å². The molecular weight excluding hydrogens is 458 g/mol. The Hall–Kier alpha value is -2.53. The van der Waals surface area contributed by atoms with Crippen molar-refractivity contribution in [3.8, 4) is 0 Å². The van der Waals surface area contributed by atoms with Crippen molar-refractivity contribution in [2.24, 2.45) is 5.73 Å². The van der Waals surface area contributed by atoms with Crippen molar-refractivity contribution in [3.05, 3.63) is 58.7 Å². The molecule has 1 fully saturated rings. The van der Waals surface area contributed by atoms with Crippen LogP contribution in [0, 0.1) is 5.41 Å². The average Bonchev–Trinajstić information content (AvgIpc) is 3.31. The highest BCUT2D eigenvalue weighted by Crippen LogP contribution is 2.32. The van der Waals surface area contributed by atoms with Crippen LogP contribution in [0.2, 0.25) is 5.15 Å². The van der Waals surface area contributed by atoms with Gasteiger partial charge in [-0.15, -0.1) is 11.3 Å². The number of benzene rings is 1. The Labute approximate surface area is 188 Å². The van der Waals surface area contributed by atoms with E-state index in [1.54, 1.807) is 41.3 Å². The lowest BCUT2D eigenvalue weighted by molar-refractivity contribution is -0.131. The van der Waals surface area contributed by atoms with Crippen molar-refractivity contribution in [2.45, 2.75) is 23.2 Å². The summed E-state index contributed by atoms with van der Waals surface area (Å²) in [5.41, 5.74) is 6.95. The number of thiophene rings is 1. The van der Waals surface area contributed by atoms with Gasteiger partial charge < -0.3 is 10.6 Å². The van der Waals surface area contributed by atoms with Crippen LogP contribution in [0.4, 0.5) is 0 Å². The van der Waals surface area contributed by atoms with Crippen LogP contribution in [0.5, 0.6) is 0 Å². The van der Waals surface area contributed by atoms with Gasteiger partial charge in [-0.2, -0.15) is 4.31 Å². The van der Waals surface area contributed by atoms with E-state index in [1.807, 2.05) is 6.07 Å². The molecule has 0 unspecified atom stereocenters. The number of carbonyl (C=O) groups is 1. The zero-order valence-corrected chi connectivity index (χ0v) is 19.0. The summed E-state index contributed by atoms with van der Waals surface area (Å²) in [5, 5.41) is 8.54. The van der Waals surface area contributed by atoms with Gasteiger partial charge in [0.2, 0.25) is 5.91 Å². The molecule has 31 heavy (non-hydrogen) atoms. The van der Waals surface area contributed by atoms with Gasteiger partial charge in [-0.3, -0.25) is 10.2 Å². The summed E-state index contributed by atoms with van der Waals surface area (Å²) in [6.07, 6.45) is 0.399. The smallest absolute Gasteiger partial charge is 0.253 e. The highest BCUT2D eigenvalue weighted by Gasteiger charge is 2.40. The van der Waals surface area contributed by atoms with E-state index in [2.05, 4.69) is 4.98 Å². The third kappa shape index (κ3) is 4.16. The third-order valence-electron chi connectivity index (χ3n) is 5.28. The minimum Gasteiger partial charge on any atom is -0.384 e. The molecule has 0 radical (unpaired) electrons. The van der Waals surface area contributed by atoms with Gasteiger partial charge >= 0.3 is 0 Å². The largest absolute Gasteiger partial charge is 0.384 e. The number of hydrogen-bond donors (Lipinski definition) is 2. The maximum absolute atomic E-state index is 13.2. The molecule has 1 atom stereocenters. The summed E-state index contributed by atoms with van der Waals surface area (Å²) >= 11 is 6.94. The van der Waals surface area contributed by atoms with E-state index in [-0.39, 0.29) is 16.0 Å². The molecule has 1 aromatic carbocycles. The molecule has 11 heteroatoms. The van der Waals surface area contributed by atoms with Crippen LogP contribution in [-0.2, 0) is 21.4 Å². The number of nitrogens with zero attached hydrogens (tertiary/aromatic N) is 3. The first-order valence-electron chi connectivity index (χ1n) is 9.43. The Morgan fingerprint density at radius 3 is 2.87 bits per heavy atom. The fraction of sp³-hybridized carbons (Fsp3) is 0.250. The molecule has 0 spiro atoms. The second-order valence-corrected chi connectivity index (χ2v) is 10.9. The van der Waals surface area contributed by atoms with E-state index in [4.69, 9.17) is 22.7 Å². The Bertz CT molecular complexity index is 1290. The quantitative estimate of drug-likeness (QED) is 0.321. The van der Waals surface area contributed by atoms with Gasteiger partial charge in [0.1, 0.15) is 26.1 Å². The third-order valence-corrected chi connectivity index (χ3v) is 8.85. The topological polar surface area (TPSA) is 120 Å². The fourth-order valence-electron chi connectivity index (χ4n) is 3.58. The summed E-state index contributed by atoms with van der Waals surface area (Å²) in [6, 6.07) is 11.2. The number of amidine groups is 1. The SMILES string of the molecule is CN([C@H]1CCN(Cc2cccc(C(=N)N)c2)C1=O)S(=O)(=O)c1cc2ccc(Cl)nc2s1. The molecule has 0 bridgehead atoms. The molecule has 3 heterocycles. The molecule has 0 aliphatic carbocycles. The van der Waals surface area contributed by atoms with Gasteiger partial charge in [0, 0.05) is 31.1 Å². The van der Waals surface area contributed by atoms with Crippen LogP contribution in [0.3, 0.4) is 0 Å². The second kappa shape index (κ2) is 8.19. The number of nitrogen functional groups attached to an aromatic ring is 1. The minimum absolute atomic E-state index is 0.0441. The number of carbonyl (C=O) groups excluding carboxylic acids is 1. The van der Waals surface area contributed by atoms with E-state index >= 15 is 0 Å². The molecule has 0 saturated carbocycles. The fourth-order valence-corrected chi connectivity index (χ4v) is 6.65. The molecule has 3 N–H and O–H groups in total. The molecule has 1 aliphatic heterocycles. The van der Waals surface area contributed by atoms with Crippen LogP contribution in [0.1, 0.15) is 17.5 Å². The van der Waals surface area contributed by atoms with Gasteiger partial charge in [0.05, 0.1) is 0 Å². The van der Waals surface area contributed by atoms with E-state index in [1.165, 1.54) is 7.05 Å². The molecule has 3 aromatic rings. The van der Waals surface area contributed by atoms with Gasteiger partial charge in [-0.05, 0) is 36.2 Å². The zero-order chi connectivity index (χ0) is 22.3. The average molecular weight is 478 g/mol. The first-order valence-corrected chi connectivity index (χ1v) is 12.1. The number of likely N-dealkylation sites (tertiary alicyclic amines) is 1. The predicted octanol–water partition coefficient (Wildman–Crippen LogP) is 2.66. The monoisotopic (exact) mass is 477 g/mol. The second-order valence-electron chi connectivity index (χ2n) is 7.29. The van der Waals surface area contributed by atoms with Crippen molar-refractivity contribution in [3.63, 3.8) is 0 Å². The number of pyridine rings is 1. The highest BCUT2D eigenvalue weighted by molar-refractivity contribution is 7.91. The van der Waals surface area contributed by atoms with Gasteiger partial charge in [-0.1, -0.05) is 29.8 Å². The molecular formula is C20H20ClN5O3S2. The van der Waals surface area contributed by atoms with Crippen molar-refractivity contribution in [1.82, 2.24) is 14.2 Å². The Morgan fingerprint density at radius 1 is 1.35 bits per heavy atom. The van der Waals surface area contributed by atoms with Crippen molar-refractivity contribution >= 4 is 54.9 Å². The summed E-state index contributed by atoms with van der Waals surface area (Å²) in [5.74, 6) is -0.293. The number of fused-ring (bicyclic) bond motifs is 1. The van der Waals surface area contributed by atoms with Crippen LogP contribution in [0.15, 0.2) is 46.7 Å². The number of hydrogen-bond acceptors (Lipinski definition) is 6. The molecule has 1 saturated heterocycles. The molecule has 1 amide bonds. The van der Waals surface area contributed by atoms with Crippen LogP contribution >= 0.6 is 22.9 Å². The summed E-state index contributed by atoms with van der Waals surface area (Å²) in [4.78, 5) is 19.3. The van der Waals surface area contributed by atoms with Gasteiger partial charge in [0.15, 0.2) is 0 Å². The van der Waals surface area contributed by atoms with Crippen LogP contribution in [0.25, 0.3) is 10.2 Å². The lowest BCUT2D eigenvalue weighted by Crippen LogP contribution is -2.42. The van der Waals surface area contributed by atoms with E-state index in [0.717, 1.165) is 21.2 Å². The number of sulfonamides is 1. The number of likely N-dealkylation sites (N-methyl/N-ethyl adjacent to an activating group) is 1. The number of nitrogens with one attached hydrogen (secondary N) is 1.